The van der Waals surface area contributed by atoms with Crippen LogP contribution in [0.3, 0.4) is 0 Å². The molecular weight excluding hydrogens is 189 g/mol. The first-order valence-corrected chi connectivity index (χ1v) is 3.94. The van der Waals surface area contributed by atoms with E-state index in [1.807, 2.05) is 0 Å². The van der Waals surface area contributed by atoms with Crippen molar-refractivity contribution in [2.45, 2.75) is 12.6 Å². The van der Waals surface area contributed by atoms with Crippen LogP contribution < -0.4 is 5.73 Å². The largest absolute Gasteiger partial charge is 0.480 e. The third-order valence-electron chi connectivity index (χ3n) is 1.87. The Morgan fingerprint density at radius 2 is 2.21 bits per heavy atom. The zero-order valence-corrected chi connectivity index (χ0v) is 7.27. The van der Waals surface area contributed by atoms with E-state index in [-0.39, 0.29) is 11.1 Å². The lowest BCUT2D eigenvalue weighted by molar-refractivity contribution is -0.138. The first-order valence-electron chi connectivity index (χ1n) is 3.94. The quantitative estimate of drug-likeness (QED) is 0.658. The molecule has 76 valence electrons. The highest BCUT2D eigenvalue weighted by molar-refractivity contribution is 5.75. The van der Waals surface area contributed by atoms with Crippen molar-refractivity contribution < 1.29 is 19.4 Å². The monoisotopic (exact) mass is 199 g/mol. The van der Waals surface area contributed by atoms with Crippen molar-refractivity contribution in [3.05, 3.63) is 35.1 Å². The van der Waals surface area contributed by atoms with E-state index in [1.165, 1.54) is 12.1 Å². The highest BCUT2D eigenvalue weighted by Crippen LogP contribution is 2.15. The Balaban J connectivity index is 3.06. The van der Waals surface area contributed by atoms with Gasteiger partial charge in [-0.1, -0.05) is 6.07 Å². The molecule has 0 aliphatic carbocycles. The van der Waals surface area contributed by atoms with Gasteiger partial charge in [0.1, 0.15) is 11.9 Å². The van der Waals surface area contributed by atoms with E-state index in [0.29, 0.717) is 0 Å². The van der Waals surface area contributed by atoms with Gasteiger partial charge in [0.15, 0.2) is 0 Å². The van der Waals surface area contributed by atoms with Gasteiger partial charge >= 0.3 is 5.97 Å². The summed E-state index contributed by atoms with van der Waals surface area (Å²) < 4.78 is 12.9. The van der Waals surface area contributed by atoms with Gasteiger partial charge in [0.25, 0.3) is 0 Å². The number of halogens is 1. The topological polar surface area (TPSA) is 83.6 Å². The van der Waals surface area contributed by atoms with Crippen LogP contribution in [0.4, 0.5) is 4.39 Å². The molecule has 1 rings (SSSR count). The van der Waals surface area contributed by atoms with E-state index in [9.17, 15) is 9.18 Å². The van der Waals surface area contributed by atoms with Crippen LogP contribution in [0.15, 0.2) is 18.2 Å². The Kier molecular flexibility index (Phi) is 3.16. The molecule has 0 unspecified atom stereocenters. The fraction of sp³-hybridized carbons (Fsp3) is 0.222. The molecular formula is C9H10FNO3. The number of carbonyl (C=O) groups is 1. The molecule has 4 nitrogen and oxygen atoms in total. The van der Waals surface area contributed by atoms with E-state index < -0.39 is 24.4 Å². The zero-order chi connectivity index (χ0) is 10.7. The van der Waals surface area contributed by atoms with E-state index in [0.717, 1.165) is 6.07 Å². The Bertz CT molecular complexity index is 354. The maximum atomic E-state index is 12.9. The lowest BCUT2D eigenvalue weighted by Gasteiger charge is -2.08. The van der Waals surface area contributed by atoms with Crippen LogP contribution >= 0.6 is 0 Å². The number of rotatable bonds is 3. The normalized spacial score (nSPS) is 12.5. The van der Waals surface area contributed by atoms with Gasteiger partial charge in [-0.15, -0.1) is 0 Å². The Labute approximate surface area is 79.8 Å². The molecule has 0 aromatic heterocycles. The third-order valence-corrected chi connectivity index (χ3v) is 1.87. The van der Waals surface area contributed by atoms with Crippen molar-refractivity contribution >= 4 is 5.97 Å². The Hall–Kier alpha value is -1.46. The number of aliphatic carboxylic acids is 1. The lowest BCUT2D eigenvalue weighted by atomic mass is 10.0. The van der Waals surface area contributed by atoms with Crippen LogP contribution in [0, 0.1) is 5.82 Å². The number of aliphatic hydroxyl groups excluding tert-OH is 1. The van der Waals surface area contributed by atoms with Crippen LogP contribution in [-0.4, -0.2) is 16.2 Å². The van der Waals surface area contributed by atoms with Crippen LogP contribution in [0.5, 0.6) is 0 Å². The molecule has 0 bridgehead atoms. The second-order valence-corrected chi connectivity index (χ2v) is 2.82. The van der Waals surface area contributed by atoms with Gasteiger partial charge in [-0.25, -0.2) is 4.39 Å². The van der Waals surface area contributed by atoms with Gasteiger partial charge in [-0.05, 0) is 17.7 Å². The molecule has 0 aliphatic heterocycles. The summed E-state index contributed by atoms with van der Waals surface area (Å²) in [6.07, 6.45) is 0. The molecule has 1 aromatic rings. The fourth-order valence-electron chi connectivity index (χ4n) is 1.05. The summed E-state index contributed by atoms with van der Waals surface area (Å²) >= 11 is 0. The van der Waals surface area contributed by atoms with Crippen LogP contribution in [-0.2, 0) is 11.4 Å². The van der Waals surface area contributed by atoms with Crippen LogP contribution in [0.2, 0.25) is 0 Å². The molecule has 0 heterocycles. The maximum Gasteiger partial charge on any atom is 0.325 e. The number of aliphatic hydroxyl groups is 1. The number of carboxylic acid groups (broad SMARTS) is 1. The molecule has 5 heteroatoms. The van der Waals surface area contributed by atoms with Crippen molar-refractivity contribution in [1.82, 2.24) is 0 Å². The first kappa shape index (κ1) is 10.6. The molecule has 0 amide bonds. The summed E-state index contributed by atoms with van der Waals surface area (Å²) in [6.45, 7) is -0.480. The molecule has 0 aliphatic rings. The van der Waals surface area contributed by atoms with Gasteiger partial charge < -0.3 is 15.9 Å². The Morgan fingerprint density at radius 1 is 1.57 bits per heavy atom. The molecule has 1 atom stereocenters. The fourth-order valence-corrected chi connectivity index (χ4v) is 1.05. The molecule has 0 spiro atoms. The highest BCUT2D eigenvalue weighted by atomic mass is 19.1. The SMILES string of the molecule is N[C@@H](C(=O)O)c1ccc(F)c(CO)c1. The summed E-state index contributed by atoms with van der Waals surface area (Å²) in [4.78, 5) is 10.5. The highest BCUT2D eigenvalue weighted by Gasteiger charge is 2.15. The van der Waals surface area contributed by atoms with E-state index in [1.54, 1.807) is 0 Å². The summed E-state index contributed by atoms with van der Waals surface area (Å²) in [5.41, 5.74) is 5.62. The minimum Gasteiger partial charge on any atom is -0.480 e. The second-order valence-electron chi connectivity index (χ2n) is 2.82. The number of carboxylic acids is 1. The van der Waals surface area contributed by atoms with Gasteiger partial charge in [0, 0.05) is 5.56 Å². The second kappa shape index (κ2) is 4.17. The van der Waals surface area contributed by atoms with Crippen molar-refractivity contribution in [3.8, 4) is 0 Å². The smallest absolute Gasteiger partial charge is 0.325 e. The van der Waals surface area contributed by atoms with Crippen molar-refractivity contribution in [2.24, 2.45) is 5.73 Å². The third kappa shape index (κ3) is 2.07. The van der Waals surface area contributed by atoms with Crippen molar-refractivity contribution in [2.75, 3.05) is 0 Å². The average Bonchev–Trinajstić information content (AvgIpc) is 2.17. The average molecular weight is 199 g/mol. The number of hydrogen-bond acceptors (Lipinski definition) is 3. The van der Waals surface area contributed by atoms with Gasteiger partial charge in [-0.3, -0.25) is 4.79 Å². The first-order chi connectivity index (χ1) is 6.56. The van der Waals surface area contributed by atoms with Gasteiger partial charge in [0.05, 0.1) is 6.61 Å². The molecule has 0 radical (unpaired) electrons. The van der Waals surface area contributed by atoms with Gasteiger partial charge in [0.2, 0.25) is 0 Å². The van der Waals surface area contributed by atoms with Gasteiger partial charge in [-0.2, -0.15) is 0 Å². The summed E-state index contributed by atoms with van der Waals surface area (Å²) in [7, 11) is 0. The molecule has 1 aromatic carbocycles. The number of benzene rings is 1. The summed E-state index contributed by atoms with van der Waals surface area (Å²) in [5, 5.41) is 17.3. The minimum absolute atomic E-state index is 0.0409. The maximum absolute atomic E-state index is 12.9. The zero-order valence-electron chi connectivity index (χ0n) is 7.27. The predicted octanol–water partition coefficient (Wildman–Crippen LogP) is 0.402. The lowest BCUT2D eigenvalue weighted by Crippen LogP contribution is -2.20. The number of hydrogen-bond donors (Lipinski definition) is 3. The van der Waals surface area contributed by atoms with E-state index >= 15 is 0 Å². The van der Waals surface area contributed by atoms with Crippen LogP contribution in [0.1, 0.15) is 17.2 Å². The minimum atomic E-state index is -1.19. The van der Waals surface area contributed by atoms with E-state index in [4.69, 9.17) is 15.9 Å². The molecule has 0 saturated heterocycles. The molecule has 4 N–H and O–H groups in total. The van der Waals surface area contributed by atoms with Crippen molar-refractivity contribution in [1.29, 1.82) is 0 Å². The van der Waals surface area contributed by atoms with Crippen molar-refractivity contribution in [3.63, 3.8) is 0 Å². The van der Waals surface area contributed by atoms with E-state index in [2.05, 4.69) is 0 Å². The summed E-state index contributed by atoms with van der Waals surface area (Å²) in [5.74, 6) is -1.77. The molecule has 0 fully saturated rings. The van der Waals surface area contributed by atoms with Crippen LogP contribution in [0.25, 0.3) is 0 Å². The molecule has 14 heavy (non-hydrogen) atoms. The molecule has 0 saturated carbocycles. The predicted molar refractivity (Wildman–Crippen MR) is 46.9 cm³/mol. The number of nitrogens with two attached hydrogens (primary N) is 1. The summed E-state index contributed by atoms with van der Waals surface area (Å²) in [6, 6.07) is 2.42. The Morgan fingerprint density at radius 3 is 2.71 bits per heavy atom. The standard InChI is InChI=1S/C9H10FNO3/c10-7-2-1-5(3-6(7)4-12)8(11)9(13)14/h1-3,8,12H,4,11H2,(H,13,14)/t8-/m1/s1.